The van der Waals surface area contributed by atoms with Crippen LogP contribution in [0.2, 0.25) is 0 Å². The van der Waals surface area contributed by atoms with Crippen LogP contribution in [-0.2, 0) is 4.74 Å². The molecule has 2 aliphatic rings. The summed E-state index contributed by atoms with van der Waals surface area (Å²) in [6, 6.07) is 0.129. The molecule has 0 aromatic carbocycles. The second-order valence-electron chi connectivity index (χ2n) is 5.60. The maximum absolute atomic E-state index is 8.03. The Balaban J connectivity index is 1.76. The minimum Gasteiger partial charge on any atom is -0.474 e. The number of nitrogens with one attached hydrogen (secondary N) is 2. The molecule has 0 radical (unpaired) electrons. The van der Waals surface area contributed by atoms with E-state index in [2.05, 4.69) is 22.8 Å². The number of nitrogens with two attached hydrogens (primary N) is 1. The van der Waals surface area contributed by atoms with Crippen molar-refractivity contribution >= 4 is 18.5 Å². The SMILES string of the molecule is N=C(OC(CS)CN1CCCCC1)C1CC(N)CN1. The number of ether oxygens (including phenoxy) is 1. The Labute approximate surface area is 121 Å². The van der Waals surface area contributed by atoms with Crippen LogP contribution < -0.4 is 11.1 Å². The third-order valence-electron chi connectivity index (χ3n) is 3.89. The molecule has 110 valence electrons. The average molecular weight is 286 g/mol. The van der Waals surface area contributed by atoms with Crippen molar-refractivity contribution in [2.24, 2.45) is 5.73 Å². The van der Waals surface area contributed by atoms with Crippen molar-refractivity contribution in [1.82, 2.24) is 10.2 Å². The predicted octanol–water partition coefficient (Wildman–Crippen LogP) is 0.454. The van der Waals surface area contributed by atoms with Gasteiger partial charge >= 0.3 is 0 Å². The lowest BCUT2D eigenvalue weighted by Crippen LogP contribution is -2.42. The van der Waals surface area contributed by atoms with Gasteiger partial charge < -0.3 is 15.8 Å². The van der Waals surface area contributed by atoms with E-state index in [0.29, 0.717) is 11.7 Å². The summed E-state index contributed by atoms with van der Waals surface area (Å²) in [6.07, 6.45) is 4.68. The Bertz CT molecular complexity index is 296. The van der Waals surface area contributed by atoms with Gasteiger partial charge in [-0.1, -0.05) is 6.42 Å². The molecule has 0 amide bonds. The van der Waals surface area contributed by atoms with Crippen molar-refractivity contribution in [2.45, 2.75) is 43.9 Å². The molecule has 2 saturated heterocycles. The number of piperidine rings is 1. The van der Waals surface area contributed by atoms with Gasteiger partial charge in [0.05, 0.1) is 6.04 Å². The molecule has 0 saturated carbocycles. The average Bonchev–Trinajstić information content (AvgIpc) is 2.86. The lowest BCUT2D eigenvalue weighted by molar-refractivity contribution is 0.120. The number of likely N-dealkylation sites (tertiary alicyclic amines) is 1. The van der Waals surface area contributed by atoms with Crippen LogP contribution in [0.25, 0.3) is 0 Å². The largest absolute Gasteiger partial charge is 0.474 e. The first-order chi connectivity index (χ1) is 9.19. The number of hydrogen-bond acceptors (Lipinski definition) is 6. The predicted molar refractivity (Wildman–Crippen MR) is 81.1 cm³/mol. The molecule has 2 aliphatic heterocycles. The molecular weight excluding hydrogens is 260 g/mol. The van der Waals surface area contributed by atoms with E-state index >= 15 is 0 Å². The van der Waals surface area contributed by atoms with Gasteiger partial charge in [-0.15, -0.1) is 0 Å². The van der Waals surface area contributed by atoms with Gasteiger partial charge in [0.2, 0.25) is 0 Å². The fourth-order valence-corrected chi connectivity index (χ4v) is 2.98. The van der Waals surface area contributed by atoms with Gasteiger partial charge in [-0.3, -0.25) is 10.3 Å². The maximum Gasteiger partial charge on any atom is 0.198 e. The highest BCUT2D eigenvalue weighted by molar-refractivity contribution is 7.80. The summed E-state index contributed by atoms with van der Waals surface area (Å²) >= 11 is 4.36. The summed E-state index contributed by atoms with van der Waals surface area (Å²) in [7, 11) is 0. The molecule has 0 aliphatic carbocycles. The first-order valence-corrected chi connectivity index (χ1v) is 7.89. The summed E-state index contributed by atoms with van der Waals surface area (Å²) in [5.41, 5.74) is 5.84. The van der Waals surface area contributed by atoms with Crippen LogP contribution in [-0.4, -0.2) is 60.9 Å². The quantitative estimate of drug-likeness (QED) is 0.336. The minimum atomic E-state index is -0.0151. The molecule has 2 rings (SSSR count). The molecule has 5 nitrogen and oxygen atoms in total. The second kappa shape index (κ2) is 7.47. The molecule has 2 heterocycles. The van der Waals surface area contributed by atoms with E-state index in [1.807, 2.05) is 0 Å². The van der Waals surface area contributed by atoms with Crippen LogP contribution in [0, 0.1) is 5.41 Å². The summed E-state index contributed by atoms with van der Waals surface area (Å²) in [4.78, 5) is 2.42. The Hall–Kier alpha value is -0.300. The van der Waals surface area contributed by atoms with E-state index in [1.54, 1.807) is 0 Å². The molecule has 0 spiro atoms. The van der Waals surface area contributed by atoms with Crippen molar-refractivity contribution < 1.29 is 4.74 Å². The Kier molecular flexibility index (Phi) is 5.94. The monoisotopic (exact) mass is 286 g/mol. The molecular formula is C13H26N4OS. The van der Waals surface area contributed by atoms with Crippen LogP contribution in [0.4, 0.5) is 0 Å². The van der Waals surface area contributed by atoms with Gasteiger partial charge in [-0.25, -0.2) is 0 Å². The molecule has 0 aromatic heterocycles. The van der Waals surface area contributed by atoms with Gasteiger partial charge in [0.25, 0.3) is 0 Å². The van der Waals surface area contributed by atoms with E-state index in [1.165, 1.54) is 19.3 Å². The van der Waals surface area contributed by atoms with Gasteiger partial charge in [-0.2, -0.15) is 12.6 Å². The summed E-state index contributed by atoms with van der Waals surface area (Å²) in [5.74, 6) is 0.974. The molecule has 3 unspecified atom stereocenters. The van der Waals surface area contributed by atoms with Crippen molar-refractivity contribution in [1.29, 1.82) is 5.41 Å². The van der Waals surface area contributed by atoms with Crippen molar-refractivity contribution in [3.8, 4) is 0 Å². The molecule has 19 heavy (non-hydrogen) atoms. The van der Waals surface area contributed by atoms with Crippen LogP contribution in [0.5, 0.6) is 0 Å². The number of thiol groups is 1. The highest BCUT2D eigenvalue weighted by atomic mass is 32.1. The van der Waals surface area contributed by atoms with Crippen molar-refractivity contribution in [3.63, 3.8) is 0 Å². The molecule has 0 bridgehead atoms. The summed E-state index contributed by atoms with van der Waals surface area (Å²) < 4.78 is 5.78. The first-order valence-electron chi connectivity index (χ1n) is 7.26. The van der Waals surface area contributed by atoms with Gasteiger partial charge in [0.1, 0.15) is 6.10 Å². The molecule has 0 aromatic rings. The van der Waals surface area contributed by atoms with Gasteiger partial charge in [0, 0.05) is 24.9 Å². The minimum absolute atomic E-state index is 0.00700. The standard InChI is InChI=1S/C13H26N4OS/c14-10-6-12(16-7-10)13(15)18-11(9-19)8-17-4-2-1-3-5-17/h10-12,15-16,19H,1-9,14H2. The third-order valence-corrected chi connectivity index (χ3v) is 4.30. The van der Waals surface area contributed by atoms with Gasteiger partial charge in [-0.05, 0) is 32.4 Å². The third kappa shape index (κ3) is 4.63. The van der Waals surface area contributed by atoms with E-state index in [0.717, 1.165) is 32.6 Å². The van der Waals surface area contributed by atoms with Crippen LogP contribution in [0.3, 0.4) is 0 Å². The second-order valence-corrected chi connectivity index (χ2v) is 5.97. The van der Waals surface area contributed by atoms with Crippen LogP contribution in [0.1, 0.15) is 25.7 Å². The van der Waals surface area contributed by atoms with Crippen molar-refractivity contribution in [3.05, 3.63) is 0 Å². The Morgan fingerprint density at radius 2 is 2.16 bits per heavy atom. The zero-order valence-electron chi connectivity index (χ0n) is 11.5. The Morgan fingerprint density at radius 3 is 2.74 bits per heavy atom. The van der Waals surface area contributed by atoms with Crippen molar-refractivity contribution in [2.75, 3.05) is 31.9 Å². The fraction of sp³-hybridized carbons (Fsp3) is 0.923. The number of rotatable bonds is 5. The smallest absolute Gasteiger partial charge is 0.198 e. The molecule has 3 atom stereocenters. The summed E-state index contributed by atoms with van der Waals surface area (Å²) in [5, 5.41) is 11.3. The van der Waals surface area contributed by atoms with E-state index in [9.17, 15) is 0 Å². The zero-order valence-corrected chi connectivity index (χ0v) is 12.4. The lowest BCUT2D eigenvalue weighted by Gasteiger charge is -2.30. The molecule has 2 fully saturated rings. The number of hydrogen-bond donors (Lipinski definition) is 4. The lowest BCUT2D eigenvalue weighted by atomic mass is 10.1. The van der Waals surface area contributed by atoms with Crippen LogP contribution >= 0.6 is 12.6 Å². The highest BCUT2D eigenvalue weighted by Gasteiger charge is 2.27. The summed E-state index contributed by atoms with van der Waals surface area (Å²) in [6.45, 7) is 3.94. The van der Waals surface area contributed by atoms with E-state index < -0.39 is 0 Å². The van der Waals surface area contributed by atoms with Crippen LogP contribution in [0.15, 0.2) is 0 Å². The maximum atomic E-state index is 8.03. The highest BCUT2D eigenvalue weighted by Crippen LogP contribution is 2.13. The zero-order chi connectivity index (χ0) is 13.7. The Morgan fingerprint density at radius 1 is 1.42 bits per heavy atom. The van der Waals surface area contributed by atoms with E-state index in [4.69, 9.17) is 15.9 Å². The topological polar surface area (TPSA) is 74.4 Å². The molecule has 6 heteroatoms. The van der Waals surface area contributed by atoms with E-state index in [-0.39, 0.29) is 18.2 Å². The fourth-order valence-electron chi connectivity index (χ4n) is 2.79. The van der Waals surface area contributed by atoms with Gasteiger partial charge in [0.15, 0.2) is 5.90 Å². The first kappa shape index (κ1) is 15.1. The normalized spacial score (nSPS) is 30.2. The molecule has 4 N–H and O–H groups in total. The number of nitrogens with zero attached hydrogens (tertiary/aromatic N) is 1.